The van der Waals surface area contributed by atoms with E-state index in [-0.39, 0.29) is 169 Å². The predicted octanol–water partition coefficient (Wildman–Crippen LogP) is 10.5. The zero-order valence-corrected chi connectivity index (χ0v) is 75.2. The van der Waals surface area contributed by atoms with Gasteiger partial charge in [-0.1, -0.05) is 50.2 Å². The molecule has 13 rings (SSSR count). The number of H-pyrrole nitrogens is 1. The molecule has 42 heteroatoms. The van der Waals surface area contributed by atoms with Crippen LogP contribution in [0.15, 0.2) is 95.4 Å². The van der Waals surface area contributed by atoms with Crippen LogP contribution in [0.2, 0.25) is 0 Å². The molecule has 672 valence electrons. The van der Waals surface area contributed by atoms with Crippen LogP contribution in [-0.2, 0) is 60.4 Å². The smallest absolute Gasteiger partial charge is 0.351 e. The number of aliphatic hydroxyl groups is 3. The molecule has 6 fully saturated rings. The molecule has 5 aromatic heterocycles. The lowest BCUT2D eigenvalue weighted by Gasteiger charge is -2.37. The number of aliphatic hydroxyl groups excluding tert-OH is 3. The van der Waals surface area contributed by atoms with Gasteiger partial charge in [0.2, 0.25) is 35.8 Å². The molecule has 123 heavy (non-hydrogen) atoms. The lowest BCUT2D eigenvalue weighted by atomic mass is 10.0. The highest BCUT2D eigenvalue weighted by Crippen LogP contribution is 2.59. The summed E-state index contributed by atoms with van der Waals surface area (Å²) in [6.45, 7) is 52.7. The Morgan fingerprint density at radius 3 is 1.31 bits per heavy atom. The summed E-state index contributed by atoms with van der Waals surface area (Å²) in [6, 6.07) is 18.1. The number of aromatic amines is 1. The van der Waals surface area contributed by atoms with E-state index in [1.54, 1.807) is 91.0 Å². The number of ether oxygens (including phenoxy) is 6. The number of nitrogens with zero attached hydrogens (tertiary/aromatic N) is 15. The monoisotopic (exact) mass is 1780 g/mol. The number of imidazole rings is 2. The summed E-state index contributed by atoms with van der Waals surface area (Å²) >= 11 is 0. The average molecular weight is 1780 g/mol. The molecule has 15 atom stereocenters. The van der Waals surface area contributed by atoms with Crippen molar-refractivity contribution in [2.24, 2.45) is 5.92 Å². The fraction of sp³-hybridized carbons (Fsp3) is 0.605. The van der Waals surface area contributed by atoms with Crippen molar-refractivity contribution in [1.82, 2.24) is 62.6 Å². The zero-order chi connectivity index (χ0) is 94.8. The van der Waals surface area contributed by atoms with Gasteiger partial charge in [0.15, 0.2) is 46.8 Å². The lowest BCUT2D eigenvalue weighted by Crippen LogP contribution is -2.40. The number of hydrogen-bond donors (Lipinski definition) is 7. The molecule has 3 amide bonds. The van der Waals surface area contributed by atoms with Crippen molar-refractivity contribution in [3.63, 3.8) is 0 Å². The average Bonchev–Trinajstić information content (AvgIpc) is 1.58. The van der Waals surface area contributed by atoms with Gasteiger partial charge in [-0.25, -0.2) is 58.5 Å². The number of carbonyl (C=O) groups excluding carboxylic acids is 3. The zero-order valence-electron chi connectivity index (χ0n) is 78.5. The molecule has 2 aromatic carbocycles. The van der Waals surface area contributed by atoms with Gasteiger partial charge in [-0.2, -0.15) is 9.97 Å². The molecule has 39 nitrogen and oxygen atoms in total. The number of fused-ring (bicyclic) bond motifs is 8. The largest absolute Gasteiger partial charge is 0.400 e. The van der Waals surface area contributed by atoms with Crippen LogP contribution in [0, 0.1) is 32.6 Å². The van der Waals surface area contributed by atoms with E-state index >= 15 is 0 Å². The molecule has 6 saturated heterocycles. The number of rotatable bonds is 33. The van der Waals surface area contributed by atoms with Gasteiger partial charge in [-0.05, 0) is 135 Å². The molecule has 11 heterocycles. The second-order valence-corrected chi connectivity index (χ2v) is 34.9. The third kappa shape index (κ3) is 23.5. The van der Waals surface area contributed by atoms with Gasteiger partial charge in [-0.15, -0.1) is 0 Å². The minimum Gasteiger partial charge on any atom is -0.400 e. The quantitative estimate of drug-likeness (QED) is 0.0114. The van der Waals surface area contributed by atoms with Crippen LogP contribution in [-0.4, -0.2) is 270 Å². The van der Waals surface area contributed by atoms with Crippen molar-refractivity contribution in [1.29, 1.82) is 4.29 Å². The summed E-state index contributed by atoms with van der Waals surface area (Å²) < 4.78 is 129. The van der Waals surface area contributed by atoms with Crippen molar-refractivity contribution < 1.29 is 89.4 Å². The van der Waals surface area contributed by atoms with E-state index in [4.69, 9.17) is 83.7 Å². The summed E-state index contributed by atoms with van der Waals surface area (Å²) in [4.78, 5) is 102. The highest BCUT2D eigenvalue weighted by Gasteiger charge is 2.65. The van der Waals surface area contributed by atoms with Crippen molar-refractivity contribution >= 4 is 83.2 Å². The Balaban J connectivity index is 0.000000228. The maximum Gasteiger partial charge on any atom is 0.351 e. The van der Waals surface area contributed by atoms with Crippen LogP contribution < -0.4 is 27.2 Å². The normalized spacial score (nSPS) is 24.6. The summed E-state index contributed by atoms with van der Waals surface area (Å²) in [5.41, 5.74) is -1.71. The molecular weight excluding hydrogens is 1650 g/mol. The predicted molar refractivity (Wildman–Crippen MR) is 462 cm³/mol. The fourth-order valence-electron chi connectivity index (χ4n) is 14.3. The molecule has 0 aliphatic carbocycles. The van der Waals surface area contributed by atoms with E-state index in [2.05, 4.69) is 122 Å². The Morgan fingerprint density at radius 1 is 0.561 bits per heavy atom. The molecule has 6 bridgehead atoms. The highest BCUT2D eigenvalue weighted by atomic mass is 31.2. The van der Waals surface area contributed by atoms with Crippen LogP contribution in [0.4, 0.5) is 17.6 Å². The van der Waals surface area contributed by atoms with E-state index < -0.39 is 109 Å². The second-order valence-electron chi connectivity index (χ2n) is 30.7. The van der Waals surface area contributed by atoms with E-state index in [1.807, 2.05) is 67.5 Å². The Kier molecular flexibility index (Phi) is 33.8. The van der Waals surface area contributed by atoms with E-state index in [0.717, 1.165) is 0 Å². The molecule has 0 radical (unpaired) electrons. The van der Waals surface area contributed by atoms with Crippen LogP contribution >= 0.6 is 25.6 Å². The van der Waals surface area contributed by atoms with Gasteiger partial charge < -0.3 is 96.1 Å². The van der Waals surface area contributed by atoms with Crippen LogP contribution in [0.3, 0.4) is 0 Å². The molecule has 6 aliphatic heterocycles. The number of hydrogen-bond acceptors (Lipinski definition) is 29. The first kappa shape index (κ1) is 90.9. The number of aromatic nitrogens is 10. The Bertz CT molecular complexity index is 4980. The van der Waals surface area contributed by atoms with Gasteiger partial charge >= 0.3 is 5.69 Å². The molecule has 7 N–H and O–H groups in total. The summed E-state index contributed by atoms with van der Waals surface area (Å²) in [5, 5.41) is 18.6. The van der Waals surface area contributed by atoms with Crippen LogP contribution in [0.25, 0.3) is 36.9 Å². The lowest BCUT2D eigenvalue weighted by molar-refractivity contribution is -0.167. The first-order valence-electron chi connectivity index (χ1n) is 43.2. The van der Waals surface area contributed by atoms with Gasteiger partial charge in [-0.3, -0.25) is 43.2 Å². The highest BCUT2D eigenvalue weighted by molar-refractivity contribution is 7.45. The van der Waals surface area contributed by atoms with Gasteiger partial charge in [0.1, 0.15) is 85.4 Å². The third-order valence-corrected chi connectivity index (χ3v) is 25.9. The van der Waals surface area contributed by atoms with Crippen LogP contribution in [0.1, 0.15) is 167 Å². The fourth-order valence-corrected chi connectivity index (χ4v) is 19.7. The minimum absolute atomic E-state index is 0.00117. The number of anilines is 3. The standard InChI is InChI=1S/C27H34N7O5P.C27H36N5O6P.C24H36N7O6P.3CH4O/c1-17(2)34(18(3)4)40(37-13-12-28-6)39-22-21-26(38-27(22,5)14-36-21)33-16-31-20-23(29-15-30-24(20)33)32-25(35)19-10-8-7-9-11-19;1-17(2)32(18(3)4)39(36-14-13-28-7)38-22-21-25(37-27(22,6)16-35-21)31-15-19(5)23(30-26(31)34)29-24(33)20-11-9-8-10-12-20;1-13(2)20(32)28-23-27-19-16(21(33)29-23)26-12-30(19)22-17-18(24(7,36-22)11-34-17)37-38(35-10-9-25-8)31(14(3)4)15(5)6;3*1-2/h7-11,15-18,21-22,26H,12-14H2,1-5H3,(H,29,30,32,35);8-12,15,17-18,21-22,25H,13-14,16H2,1-6H3,(H,29,30,33,34);12-15,17-18,22H,9-11H2,1-7H3,(H2,27,28,29,32,33);3*2H,1H3/t21-,22+,26-,27+,40?;21-,22+,25-,27+,39?;17-,18+,22-,24+,38?;;;/m111.../s1/i5D;6D;7D;3*2T. The molecular formula is C81H118N19O20P3. The Hall–Kier alpha value is -8.33. The first-order valence-corrected chi connectivity index (χ1v) is 43.2. The van der Waals surface area contributed by atoms with Gasteiger partial charge in [0.25, 0.3) is 43.0 Å². The van der Waals surface area contributed by atoms with Crippen molar-refractivity contribution in [2.45, 2.75) is 233 Å². The topological polar surface area (TPSA) is 424 Å². The summed E-state index contributed by atoms with van der Waals surface area (Å²) in [6.07, 6.45) is -0.227. The first-order chi connectivity index (χ1) is 61.7. The van der Waals surface area contributed by atoms with Gasteiger partial charge in [0.05, 0.1) is 32.5 Å². The Morgan fingerprint density at radius 2 is 0.935 bits per heavy atom. The summed E-state index contributed by atoms with van der Waals surface area (Å²) in [5.74, 6) is -0.860. The molecule has 0 spiro atoms. The second kappa shape index (κ2) is 45.7. The summed E-state index contributed by atoms with van der Waals surface area (Å²) in [7, 11) is -0.931. The maximum atomic E-state index is 13.2. The number of amides is 3. The van der Waals surface area contributed by atoms with Gasteiger partial charge in [0, 0.05) is 90.5 Å². The van der Waals surface area contributed by atoms with Crippen molar-refractivity contribution in [3.8, 4) is 0 Å². The molecule has 0 saturated carbocycles. The SMILES string of the molecule is [2H]C[C@@]12CO[C@@H]([C@H](n3cc(C)c(NC(=O)c4ccccc4)nc3=O)O1)[C@@H]2OP(OCC[N+]#[C-])N(C(C)C)C(C)C.[2H]C[C@@]12CO[C@@H]([C@H](n3cnc4c(=O)[nH]c(NC(=O)C(C)C)nc43)O1)[C@@H]2OP(OCC[N+]#[C-])N(C(C)C)C(C)C.[2H]C[C@@]12CO[C@@H]([C@H](n3cnc4c(NC(=O)c5ccccc5)ncnc43)O1)[C@@H]2OP(OCC[N+]#[C-])N(C(C)C)C(C)C.[3H]OC.[3H]OC.[3H]OC. The van der Waals surface area contributed by atoms with E-state index in [1.165, 1.54) is 38.6 Å². The number of carbonyl (C=O) groups is 3. The van der Waals surface area contributed by atoms with Crippen molar-refractivity contribution in [2.75, 3.05) is 96.6 Å². The minimum atomic E-state index is -1.62. The number of nitrogens with one attached hydrogen (secondary N) is 4. The number of benzene rings is 2. The molecule has 7 aromatic rings. The Labute approximate surface area is 729 Å². The molecule has 6 aliphatic rings. The molecule has 3 unspecified atom stereocenters. The maximum absolute atomic E-state index is 13.2. The third-order valence-electron chi connectivity index (χ3n) is 19.5. The number of aryl methyl sites for hydroxylation is 1. The van der Waals surface area contributed by atoms with E-state index in [9.17, 15) is 24.0 Å². The van der Waals surface area contributed by atoms with E-state index in [0.29, 0.717) is 27.9 Å². The van der Waals surface area contributed by atoms with Crippen LogP contribution in [0.5, 0.6) is 0 Å². The van der Waals surface area contributed by atoms with Crippen molar-refractivity contribution in [3.05, 3.63) is 158 Å².